The molecule has 1 amide bonds. The Labute approximate surface area is 70.0 Å². The topological polar surface area (TPSA) is 80.0 Å². The molecule has 0 bridgehead atoms. The van der Waals surface area contributed by atoms with E-state index in [1.165, 1.54) is 6.20 Å². The number of rotatable bonds is 2. The Kier molecular flexibility index (Phi) is 2.60. The molecule has 12 heavy (non-hydrogen) atoms. The van der Waals surface area contributed by atoms with Gasteiger partial charge < -0.3 is 5.32 Å². The van der Waals surface area contributed by atoms with E-state index in [1.54, 1.807) is 19.2 Å². The Morgan fingerprint density at radius 1 is 1.67 bits per heavy atom. The molecule has 4 N–H and O–H groups in total. The number of nitrogens with one attached hydrogen (secondary N) is 2. The highest BCUT2D eigenvalue weighted by Crippen LogP contribution is 2.04. The summed E-state index contributed by atoms with van der Waals surface area (Å²) in [5.74, 6) is 5.27. The fourth-order valence-corrected chi connectivity index (χ4v) is 0.792. The molecule has 0 aliphatic rings. The molecule has 64 valence electrons. The summed E-state index contributed by atoms with van der Waals surface area (Å²) in [6.45, 7) is 0. The van der Waals surface area contributed by atoms with Crippen LogP contribution in [-0.4, -0.2) is 17.9 Å². The molecule has 0 aliphatic carbocycles. The van der Waals surface area contributed by atoms with Gasteiger partial charge in [-0.05, 0) is 12.1 Å². The molecule has 0 spiro atoms. The van der Waals surface area contributed by atoms with Crippen LogP contribution >= 0.6 is 0 Å². The van der Waals surface area contributed by atoms with Crippen LogP contribution in [0, 0.1) is 0 Å². The van der Waals surface area contributed by atoms with Crippen molar-refractivity contribution in [1.82, 2.24) is 10.4 Å². The van der Waals surface area contributed by atoms with Gasteiger partial charge in [0.05, 0.1) is 0 Å². The van der Waals surface area contributed by atoms with Crippen LogP contribution < -0.4 is 16.6 Å². The predicted octanol–water partition coefficient (Wildman–Crippen LogP) is -0.273. The quantitative estimate of drug-likeness (QED) is 0.321. The molecule has 0 saturated carbocycles. The SMILES string of the molecule is CNc1cc(C(=O)NN)ccn1. The van der Waals surface area contributed by atoms with Gasteiger partial charge in [0.1, 0.15) is 5.82 Å². The maximum absolute atomic E-state index is 11.0. The Morgan fingerprint density at radius 3 is 3.00 bits per heavy atom. The fraction of sp³-hybridized carbons (Fsp3) is 0.143. The lowest BCUT2D eigenvalue weighted by molar-refractivity contribution is 0.0953. The van der Waals surface area contributed by atoms with Crippen LogP contribution in [0.2, 0.25) is 0 Å². The van der Waals surface area contributed by atoms with Crippen molar-refractivity contribution in [3.8, 4) is 0 Å². The monoisotopic (exact) mass is 166 g/mol. The lowest BCUT2D eigenvalue weighted by Gasteiger charge is -2.01. The van der Waals surface area contributed by atoms with E-state index in [9.17, 15) is 4.79 Å². The first-order valence-corrected chi connectivity index (χ1v) is 3.42. The van der Waals surface area contributed by atoms with E-state index in [0.717, 1.165) is 0 Å². The summed E-state index contributed by atoms with van der Waals surface area (Å²) in [5, 5.41) is 2.81. The molecule has 0 atom stereocenters. The molecule has 1 rings (SSSR count). The van der Waals surface area contributed by atoms with Crippen LogP contribution in [0.4, 0.5) is 5.82 Å². The van der Waals surface area contributed by atoms with Gasteiger partial charge in [-0.1, -0.05) is 0 Å². The molecule has 0 aromatic carbocycles. The van der Waals surface area contributed by atoms with Crippen molar-refractivity contribution in [3.05, 3.63) is 23.9 Å². The first-order valence-electron chi connectivity index (χ1n) is 3.42. The molecule has 1 aromatic heterocycles. The maximum atomic E-state index is 11.0. The average molecular weight is 166 g/mol. The van der Waals surface area contributed by atoms with Crippen LogP contribution in [0.5, 0.6) is 0 Å². The normalized spacial score (nSPS) is 9.17. The molecule has 0 fully saturated rings. The predicted molar refractivity (Wildman–Crippen MR) is 45.4 cm³/mol. The number of nitrogens with two attached hydrogens (primary N) is 1. The molecule has 0 radical (unpaired) electrons. The number of anilines is 1. The summed E-state index contributed by atoms with van der Waals surface area (Å²) < 4.78 is 0. The zero-order valence-electron chi connectivity index (χ0n) is 6.66. The summed E-state index contributed by atoms with van der Waals surface area (Å²) in [4.78, 5) is 14.9. The number of nitrogen functional groups attached to an aromatic ring is 1. The number of carbonyl (C=O) groups is 1. The maximum Gasteiger partial charge on any atom is 0.265 e. The number of aromatic nitrogens is 1. The molecule has 5 nitrogen and oxygen atoms in total. The van der Waals surface area contributed by atoms with E-state index in [2.05, 4.69) is 10.3 Å². The van der Waals surface area contributed by atoms with Gasteiger partial charge >= 0.3 is 0 Å². The van der Waals surface area contributed by atoms with Gasteiger partial charge in [-0.2, -0.15) is 0 Å². The number of amides is 1. The van der Waals surface area contributed by atoms with Crippen molar-refractivity contribution >= 4 is 11.7 Å². The van der Waals surface area contributed by atoms with Crippen molar-refractivity contribution in [1.29, 1.82) is 0 Å². The van der Waals surface area contributed by atoms with Crippen molar-refractivity contribution in [2.45, 2.75) is 0 Å². The van der Waals surface area contributed by atoms with Gasteiger partial charge in [-0.3, -0.25) is 10.2 Å². The number of hydrogen-bond donors (Lipinski definition) is 3. The first kappa shape index (κ1) is 8.48. The average Bonchev–Trinajstić information content (AvgIpc) is 2.17. The summed E-state index contributed by atoms with van der Waals surface area (Å²) in [6.07, 6.45) is 1.54. The molecular weight excluding hydrogens is 156 g/mol. The largest absolute Gasteiger partial charge is 0.373 e. The van der Waals surface area contributed by atoms with E-state index in [0.29, 0.717) is 11.4 Å². The minimum absolute atomic E-state index is 0.325. The van der Waals surface area contributed by atoms with E-state index < -0.39 is 0 Å². The first-order chi connectivity index (χ1) is 5.77. The molecule has 5 heteroatoms. The number of nitrogens with zero attached hydrogens (tertiary/aromatic N) is 1. The number of pyridine rings is 1. The summed E-state index contributed by atoms with van der Waals surface area (Å²) in [6, 6.07) is 3.20. The third kappa shape index (κ3) is 1.70. The Morgan fingerprint density at radius 2 is 2.42 bits per heavy atom. The second-order valence-electron chi connectivity index (χ2n) is 2.15. The van der Waals surface area contributed by atoms with E-state index in [-0.39, 0.29) is 5.91 Å². The van der Waals surface area contributed by atoms with Gasteiger partial charge in [0, 0.05) is 18.8 Å². The van der Waals surface area contributed by atoms with Gasteiger partial charge in [-0.25, -0.2) is 10.8 Å². The molecular formula is C7H10N4O. The highest BCUT2D eigenvalue weighted by Gasteiger charge is 2.02. The van der Waals surface area contributed by atoms with E-state index >= 15 is 0 Å². The second kappa shape index (κ2) is 3.68. The molecule has 1 heterocycles. The van der Waals surface area contributed by atoms with Gasteiger partial charge in [0.15, 0.2) is 0 Å². The third-order valence-corrected chi connectivity index (χ3v) is 1.41. The van der Waals surface area contributed by atoms with E-state index in [1.807, 2.05) is 5.43 Å². The van der Waals surface area contributed by atoms with Crippen molar-refractivity contribution in [2.75, 3.05) is 12.4 Å². The minimum Gasteiger partial charge on any atom is -0.373 e. The van der Waals surface area contributed by atoms with Crippen molar-refractivity contribution in [2.24, 2.45) is 5.84 Å². The minimum atomic E-state index is -0.325. The molecule has 1 aromatic rings. The van der Waals surface area contributed by atoms with Crippen molar-refractivity contribution in [3.63, 3.8) is 0 Å². The number of carbonyl (C=O) groups excluding carboxylic acids is 1. The Balaban J connectivity index is 2.93. The lowest BCUT2D eigenvalue weighted by atomic mass is 10.2. The van der Waals surface area contributed by atoms with Crippen LogP contribution in [-0.2, 0) is 0 Å². The zero-order valence-corrected chi connectivity index (χ0v) is 6.66. The number of hydrogen-bond acceptors (Lipinski definition) is 4. The van der Waals surface area contributed by atoms with Crippen LogP contribution in [0.15, 0.2) is 18.3 Å². The van der Waals surface area contributed by atoms with Crippen LogP contribution in [0.25, 0.3) is 0 Å². The van der Waals surface area contributed by atoms with Crippen molar-refractivity contribution < 1.29 is 4.79 Å². The third-order valence-electron chi connectivity index (χ3n) is 1.41. The molecule has 0 unspecified atom stereocenters. The van der Waals surface area contributed by atoms with Gasteiger partial charge in [0.2, 0.25) is 0 Å². The Hall–Kier alpha value is -1.62. The van der Waals surface area contributed by atoms with Crippen LogP contribution in [0.3, 0.4) is 0 Å². The smallest absolute Gasteiger partial charge is 0.265 e. The highest BCUT2D eigenvalue weighted by molar-refractivity contribution is 5.94. The second-order valence-corrected chi connectivity index (χ2v) is 2.15. The van der Waals surface area contributed by atoms with Gasteiger partial charge in [-0.15, -0.1) is 0 Å². The fourth-order valence-electron chi connectivity index (χ4n) is 0.792. The molecule has 0 saturated heterocycles. The number of hydrazine groups is 1. The standard InChI is InChI=1S/C7H10N4O/c1-9-6-4-5(2-3-10-6)7(12)11-8/h2-4H,8H2,1H3,(H,9,10)(H,11,12). The molecule has 0 aliphatic heterocycles. The Bertz CT molecular complexity index is 286. The van der Waals surface area contributed by atoms with Crippen LogP contribution in [0.1, 0.15) is 10.4 Å². The zero-order chi connectivity index (χ0) is 8.97. The van der Waals surface area contributed by atoms with E-state index in [4.69, 9.17) is 5.84 Å². The lowest BCUT2D eigenvalue weighted by Crippen LogP contribution is -2.30. The summed E-state index contributed by atoms with van der Waals surface area (Å²) >= 11 is 0. The summed E-state index contributed by atoms with van der Waals surface area (Å²) in [7, 11) is 1.73. The summed E-state index contributed by atoms with van der Waals surface area (Å²) in [5.41, 5.74) is 2.52. The van der Waals surface area contributed by atoms with Gasteiger partial charge in [0.25, 0.3) is 5.91 Å². The highest BCUT2D eigenvalue weighted by atomic mass is 16.2.